The monoisotopic (exact) mass is 212 g/mol. The first-order valence-electron chi connectivity index (χ1n) is 4.61. The second kappa shape index (κ2) is 4.77. The molecule has 0 radical (unpaired) electrons. The number of hydrogen-bond acceptors (Lipinski definition) is 3. The van der Waals surface area contributed by atoms with Gasteiger partial charge in [0.25, 0.3) is 0 Å². The van der Waals surface area contributed by atoms with Gasteiger partial charge in [0, 0.05) is 0 Å². The number of halogens is 1. The van der Waals surface area contributed by atoms with Crippen LogP contribution in [0.1, 0.15) is 22.8 Å². The summed E-state index contributed by atoms with van der Waals surface area (Å²) in [6, 6.07) is 2.60. The van der Waals surface area contributed by atoms with Crippen LogP contribution in [0.4, 0.5) is 4.39 Å². The van der Waals surface area contributed by atoms with Gasteiger partial charge < -0.3 is 9.47 Å². The van der Waals surface area contributed by atoms with E-state index in [2.05, 4.69) is 0 Å². The van der Waals surface area contributed by atoms with Gasteiger partial charge >= 0.3 is 5.97 Å². The Bertz CT molecular complexity index is 374. The molecule has 1 aromatic rings. The van der Waals surface area contributed by atoms with Crippen molar-refractivity contribution in [2.24, 2.45) is 0 Å². The Morgan fingerprint density at radius 1 is 1.47 bits per heavy atom. The quantitative estimate of drug-likeness (QED) is 0.721. The van der Waals surface area contributed by atoms with E-state index in [1.54, 1.807) is 13.8 Å². The van der Waals surface area contributed by atoms with Crippen molar-refractivity contribution in [1.82, 2.24) is 0 Å². The number of benzene rings is 1. The fourth-order valence-electron chi connectivity index (χ4n) is 1.24. The maximum Gasteiger partial charge on any atom is 0.338 e. The number of carbonyl (C=O) groups is 1. The van der Waals surface area contributed by atoms with Crippen LogP contribution in [0.2, 0.25) is 0 Å². The van der Waals surface area contributed by atoms with Gasteiger partial charge in [-0.3, -0.25) is 0 Å². The van der Waals surface area contributed by atoms with E-state index in [1.165, 1.54) is 13.2 Å². The minimum absolute atomic E-state index is 0.126. The molecule has 0 unspecified atom stereocenters. The molecule has 0 aliphatic rings. The number of rotatable bonds is 3. The van der Waals surface area contributed by atoms with Crippen LogP contribution in [0.15, 0.2) is 12.1 Å². The average molecular weight is 212 g/mol. The summed E-state index contributed by atoms with van der Waals surface area (Å²) in [7, 11) is 1.38. The number of methoxy groups -OCH3 is 1. The van der Waals surface area contributed by atoms with Crippen LogP contribution in [0.25, 0.3) is 0 Å². The first-order valence-corrected chi connectivity index (χ1v) is 4.61. The number of aryl methyl sites for hydroxylation is 1. The summed E-state index contributed by atoms with van der Waals surface area (Å²) < 4.78 is 22.9. The highest BCUT2D eigenvalue weighted by Gasteiger charge is 2.14. The van der Waals surface area contributed by atoms with Gasteiger partial charge in [0.15, 0.2) is 11.6 Å². The lowest BCUT2D eigenvalue weighted by Gasteiger charge is -2.08. The van der Waals surface area contributed by atoms with E-state index in [4.69, 9.17) is 9.47 Å². The van der Waals surface area contributed by atoms with E-state index in [1.807, 2.05) is 0 Å². The van der Waals surface area contributed by atoms with Gasteiger partial charge in [-0.2, -0.15) is 0 Å². The molecule has 0 fully saturated rings. The van der Waals surface area contributed by atoms with Gasteiger partial charge in [-0.15, -0.1) is 0 Å². The fraction of sp³-hybridized carbons (Fsp3) is 0.364. The Hall–Kier alpha value is -1.58. The maximum atomic E-state index is 13.3. The van der Waals surface area contributed by atoms with E-state index >= 15 is 0 Å². The van der Waals surface area contributed by atoms with Crippen molar-refractivity contribution in [3.05, 3.63) is 29.1 Å². The molecular formula is C11H13FO3. The van der Waals surface area contributed by atoms with E-state index in [0.29, 0.717) is 5.56 Å². The normalized spacial score (nSPS) is 9.87. The van der Waals surface area contributed by atoms with Crippen molar-refractivity contribution in [3.8, 4) is 5.75 Å². The van der Waals surface area contributed by atoms with E-state index in [0.717, 1.165) is 6.07 Å². The predicted octanol–water partition coefficient (Wildman–Crippen LogP) is 2.32. The molecule has 82 valence electrons. The molecule has 0 N–H and O–H groups in total. The molecule has 0 heterocycles. The third kappa shape index (κ3) is 2.46. The van der Waals surface area contributed by atoms with Gasteiger partial charge in [0.2, 0.25) is 0 Å². The third-order valence-corrected chi connectivity index (χ3v) is 1.99. The van der Waals surface area contributed by atoms with Crippen molar-refractivity contribution < 1.29 is 18.7 Å². The molecule has 0 amide bonds. The molecule has 0 saturated heterocycles. The molecule has 4 heteroatoms. The fourth-order valence-corrected chi connectivity index (χ4v) is 1.24. The molecule has 15 heavy (non-hydrogen) atoms. The van der Waals surface area contributed by atoms with Crippen molar-refractivity contribution in [2.45, 2.75) is 13.8 Å². The average Bonchev–Trinajstić information content (AvgIpc) is 2.21. The van der Waals surface area contributed by atoms with Gasteiger partial charge in [0.05, 0.1) is 19.3 Å². The van der Waals surface area contributed by atoms with Crippen molar-refractivity contribution in [2.75, 3.05) is 13.7 Å². The highest BCUT2D eigenvalue weighted by Crippen LogP contribution is 2.22. The molecule has 3 nitrogen and oxygen atoms in total. The maximum absolute atomic E-state index is 13.3. The van der Waals surface area contributed by atoms with Gasteiger partial charge in [0.1, 0.15) is 0 Å². The summed E-state index contributed by atoms with van der Waals surface area (Å²) in [5, 5.41) is 0. The zero-order valence-electron chi connectivity index (χ0n) is 8.96. The van der Waals surface area contributed by atoms with Crippen LogP contribution in [-0.2, 0) is 4.74 Å². The summed E-state index contributed by atoms with van der Waals surface area (Å²) in [5.41, 5.74) is 0.863. The van der Waals surface area contributed by atoms with Crippen LogP contribution in [0, 0.1) is 12.7 Å². The molecule has 0 aliphatic heterocycles. The third-order valence-electron chi connectivity index (χ3n) is 1.99. The van der Waals surface area contributed by atoms with Crippen molar-refractivity contribution in [3.63, 3.8) is 0 Å². The summed E-state index contributed by atoms with van der Waals surface area (Å²) in [6.45, 7) is 3.67. The van der Waals surface area contributed by atoms with Crippen molar-refractivity contribution in [1.29, 1.82) is 0 Å². The second-order valence-corrected chi connectivity index (χ2v) is 3.02. The van der Waals surface area contributed by atoms with E-state index in [-0.39, 0.29) is 17.9 Å². The van der Waals surface area contributed by atoms with Crippen LogP contribution in [-0.4, -0.2) is 19.7 Å². The lowest BCUT2D eigenvalue weighted by molar-refractivity contribution is 0.0525. The van der Waals surface area contributed by atoms with Gasteiger partial charge in [-0.1, -0.05) is 0 Å². The first-order chi connectivity index (χ1) is 7.10. The Morgan fingerprint density at radius 2 is 2.13 bits per heavy atom. The van der Waals surface area contributed by atoms with Crippen LogP contribution in [0.5, 0.6) is 5.75 Å². The molecule has 0 aliphatic carbocycles. The molecular weight excluding hydrogens is 199 g/mol. The number of carbonyl (C=O) groups excluding carboxylic acids is 1. The Labute approximate surface area is 87.8 Å². The molecule has 0 saturated carbocycles. The number of ether oxygens (including phenoxy) is 2. The minimum Gasteiger partial charge on any atom is -0.494 e. The van der Waals surface area contributed by atoms with E-state index in [9.17, 15) is 9.18 Å². The summed E-state index contributed by atoms with van der Waals surface area (Å²) in [6.07, 6.45) is 0. The van der Waals surface area contributed by atoms with Crippen molar-refractivity contribution >= 4 is 5.97 Å². The topological polar surface area (TPSA) is 35.5 Å². The van der Waals surface area contributed by atoms with E-state index < -0.39 is 11.8 Å². The largest absolute Gasteiger partial charge is 0.494 e. The lowest BCUT2D eigenvalue weighted by Crippen LogP contribution is -2.07. The summed E-state index contributed by atoms with van der Waals surface area (Å²) in [4.78, 5) is 11.4. The number of hydrogen-bond donors (Lipinski definition) is 0. The number of esters is 1. The molecule has 1 rings (SSSR count). The second-order valence-electron chi connectivity index (χ2n) is 3.02. The Kier molecular flexibility index (Phi) is 3.66. The molecule has 0 aromatic heterocycles. The first kappa shape index (κ1) is 11.5. The zero-order valence-corrected chi connectivity index (χ0v) is 8.96. The summed E-state index contributed by atoms with van der Waals surface area (Å²) in [5.74, 6) is -0.955. The molecule has 0 bridgehead atoms. The van der Waals surface area contributed by atoms with Crippen LogP contribution in [0.3, 0.4) is 0 Å². The van der Waals surface area contributed by atoms with Crippen LogP contribution < -0.4 is 4.74 Å². The lowest BCUT2D eigenvalue weighted by atomic mass is 10.1. The highest BCUT2D eigenvalue weighted by atomic mass is 19.1. The highest BCUT2D eigenvalue weighted by molar-refractivity contribution is 5.91. The molecule has 0 atom stereocenters. The summed E-state index contributed by atoms with van der Waals surface area (Å²) >= 11 is 0. The van der Waals surface area contributed by atoms with Gasteiger partial charge in [-0.25, -0.2) is 9.18 Å². The Morgan fingerprint density at radius 3 is 2.67 bits per heavy atom. The SMILES string of the molecule is CCOC(=O)c1cc(F)c(OC)cc1C. The zero-order chi connectivity index (χ0) is 11.4. The molecule has 0 spiro atoms. The van der Waals surface area contributed by atoms with Crippen LogP contribution >= 0.6 is 0 Å². The predicted molar refractivity (Wildman–Crippen MR) is 53.6 cm³/mol. The standard InChI is InChI=1S/C11H13FO3/c1-4-15-11(13)8-6-9(12)10(14-3)5-7(8)2/h5-6H,4H2,1-3H3. The minimum atomic E-state index is -0.564. The van der Waals surface area contributed by atoms with Gasteiger partial charge in [-0.05, 0) is 31.5 Å². The molecule has 1 aromatic carbocycles. The smallest absolute Gasteiger partial charge is 0.338 e. The Balaban J connectivity index is 3.10.